The molecule has 0 radical (unpaired) electrons. The Morgan fingerprint density at radius 3 is 2.90 bits per heavy atom. The standard InChI is InChI=1S/C20H17ClFNO4S2/c1-11(19(25)26)3-2-8-23-18(24)17(29-20(23)28)10-13-5-7-16(27-13)14-9-12(21)4-6-15(14)22/h4-7,9-11H,2-3,8H2,1H3,(H,25,26)/b17-10-. The van der Waals surface area contributed by atoms with Crippen molar-refractivity contribution in [1.29, 1.82) is 0 Å². The Morgan fingerprint density at radius 1 is 1.41 bits per heavy atom. The molecule has 29 heavy (non-hydrogen) atoms. The minimum absolute atomic E-state index is 0.234. The lowest BCUT2D eigenvalue weighted by Crippen LogP contribution is -2.29. The molecule has 9 heteroatoms. The van der Waals surface area contributed by atoms with E-state index in [2.05, 4.69) is 0 Å². The average molecular weight is 454 g/mol. The second-order valence-corrected chi connectivity index (χ2v) is 8.65. The van der Waals surface area contributed by atoms with Crippen LogP contribution >= 0.6 is 35.6 Å². The summed E-state index contributed by atoms with van der Waals surface area (Å²) in [5.74, 6) is -1.36. The van der Waals surface area contributed by atoms with E-state index in [-0.39, 0.29) is 11.5 Å². The molecule has 2 heterocycles. The lowest BCUT2D eigenvalue weighted by molar-refractivity contribution is -0.141. The van der Waals surface area contributed by atoms with Crippen molar-refractivity contribution in [2.75, 3.05) is 6.54 Å². The zero-order valence-corrected chi connectivity index (χ0v) is 17.7. The van der Waals surface area contributed by atoms with Gasteiger partial charge in [-0.3, -0.25) is 14.5 Å². The molecule has 1 fully saturated rings. The Balaban J connectivity index is 1.71. The predicted octanol–water partition coefficient (Wildman–Crippen LogP) is 5.44. The van der Waals surface area contributed by atoms with E-state index in [0.29, 0.717) is 45.2 Å². The number of carboxylic acids is 1. The first-order valence-electron chi connectivity index (χ1n) is 8.79. The molecule has 1 saturated heterocycles. The Labute approximate surface area is 181 Å². The molecule has 1 atom stereocenters. The fourth-order valence-corrected chi connectivity index (χ4v) is 4.22. The second-order valence-electron chi connectivity index (χ2n) is 6.54. The molecule has 1 N–H and O–H groups in total. The molecule has 0 saturated carbocycles. The molecule has 0 bridgehead atoms. The third-order valence-electron chi connectivity index (χ3n) is 4.41. The van der Waals surface area contributed by atoms with Gasteiger partial charge in [0.25, 0.3) is 5.91 Å². The molecular weight excluding hydrogens is 437 g/mol. The van der Waals surface area contributed by atoms with Crippen molar-refractivity contribution in [3.63, 3.8) is 0 Å². The van der Waals surface area contributed by atoms with Crippen molar-refractivity contribution in [2.24, 2.45) is 5.92 Å². The number of thiocarbonyl (C=S) groups is 1. The molecule has 1 aliphatic rings. The molecular formula is C20H17ClFNO4S2. The first-order chi connectivity index (χ1) is 13.8. The first kappa shape index (κ1) is 21.5. The molecule has 0 spiro atoms. The third-order valence-corrected chi connectivity index (χ3v) is 6.02. The van der Waals surface area contributed by atoms with Crippen LogP contribution in [0.25, 0.3) is 17.4 Å². The van der Waals surface area contributed by atoms with E-state index in [4.69, 9.17) is 33.3 Å². The number of amides is 1. The lowest BCUT2D eigenvalue weighted by atomic mass is 10.1. The number of furan rings is 1. The zero-order chi connectivity index (χ0) is 21.1. The zero-order valence-electron chi connectivity index (χ0n) is 15.4. The van der Waals surface area contributed by atoms with Gasteiger partial charge in [-0.25, -0.2) is 4.39 Å². The Bertz CT molecular complexity index is 1000. The van der Waals surface area contributed by atoms with Gasteiger partial charge in [-0.15, -0.1) is 0 Å². The van der Waals surface area contributed by atoms with Crippen LogP contribution in [0.1, 0.15) is 25.5 Å². The van der Waals surface area contributed by atoms with Crippen molar-refractivity contribution in [2.45, 2.75) is 19.8 Å². The fraction of sp³-hybridized carbons (Fsp3) is 0.250. The van der Waals surface area contributed by atoms with Crippen molar-refractivity contribution >= 4 is 57.9 Å². The molecule has 152 valence electrons. The number of carbonyl (C=O) groups excluding carboxylic acids is 1. The predicted molar refractivity (Wildman–Crippen MR) is 115 cm³/mol. The van der Waals surface area contributed by atoms with E-state index < -0.39 is 17.7 Å². The van der Waals surface area contributed by atoms with E-state index in [9.17, 15) is 14.0 Å². The van der Waals surface area contributed by atoms with Gasteiger partial charge in [0.2, 0.25) is 0 Å². The van der Waals surface area contributed by atoms with Gasteiger partial charge in [0, 0.05) is 17.6 Å². The molecule has 0 aliphatic carbocycles. The van der Waals surface area contributed by atoms with Crippen LogP contribution in [0.15, 0.2) is 39.7 Å². The van der Waals surface area contributed by atoms with E-state index >= 15 is 0 Å². The van der Waals surface area contributed by atoms with Crippen molar-refractivity contribution in [3.05, 3.63) is 51.8 Å². The molecule has 1 amide bonds. The van der Waals surface area contributed by atoms with E-state index in [1.165, 1.54) is 23.1 Å². The van der Waals surface area contributed by atoms with Crippen LogP contribution in [-0.4, -0.2) is 32.7 Å². The Kier molecular flexibility index (Phi) is 6.77. The molecule has 1 aliphatic heterocycles. The summed E-state index contributed by atoms with van der Waals surface area (Å²) in [6.45, 7) is 1.99. The summed E-state index contributed by atoms with van der Waals surface area (Å²) in [4.78, 5) is 25.4. The number of carbonyl (C=O) groups is 2. The molecule has 1 aromatic heterocycles. The van der Waals surface area contributed by atoms with Gasteiger partial charge >= 0.3 is 5.97 Å². The minimum atomic E-state index is -0.861. The Morgan fingerprint density at radius 2 is 2.17 bits per heavy atom. The highest BCUT2D eigenvalue weighted by Crippen LogP contribution is 2.34. The number of halogens is 2. The quantitative estimate of drug-likeness (QED) is 0.444. The summed E-state index contributed by atoms with van der Waals surface area (Å²) < 4.78 is 20.1. The molecule has 1 unspecified atom stereocenters. The second kappa shape index (κ2) is 9.11. The van der Waals surface area contributed by atoms with Crippen LogP contribution < -0.4 is 0 Å². The topological polar surface area (TPSA) is 70.8 Å². The normalized spacial score (nSPS) is 16.7. The number of hydrogen-bond acceptors (Lipinski definition) is 5. The van der Waals surface area contributed by atoms with Crippen LogP contribution in [0.2, 0.25) is 5.02 Å². The minimum Gasteiger partial charge on any atom is -0.481 e. The van der Waals surface area contributed by atoms with Crippen molar-refractivity contribution in [1.82, 2.24) is 4.90 Å². The highest BCUT2D eigenvalue weighted by Gasteiger charge is 2.32. The number of benzene rings is 1. The van der Waals surface area contributed by atoms with Crippen LogP contribution in [0.5, 0.6) is 0 Å². The van der Waals surface area contributed by atoms with Gasteiger partial charge in [-0.2, -0.15) is 0 Å². The van der Waals surface area contributed by atoms with E-state index in [0.717, 1.165) is 11.8 Å². The third kappa shape index (κ3) is 5.07. The van der Waals surface area contributed by atoms with E-state index in [1.54, 1.807) is 25.1 Å². The molecule has 1 aromatic carbocycles. The summed E-state index contributed by atoms with van der Waals surface area (Å²) >= 11 is 12.3. The van der Waals surface area contributed by atoms with Crippen molar-refractivity contribution < 1.29 is 23.5 Å². The fourth-order valence-electron chi connectivity index (χ4n) is 2.76. The maximum atomic E-state index is 14.0. The largest absolute Gasteiger partial charge is 0.481 e. The molecule has 5 nitrogen and oxygen atoms in total. The van der Waals surface area contributed by atoms with Gasteiger partial charge < -0.3 is 9.52 Å². The number of thioether (sulfide) groups is 1. The number of carboxylic acid groups (broad SMARTS) is 1. The highest BCUT2D eigenvalue weighted by atomic mass is 35.5. The summed E-state index contributed by atoms with van der Waals surface area (Å²) in [6, 6.07) is 7.42. The smallest absolute Gasteiger partial charge is 0.306 e. The maximum absolute atomic E-state index is 14.0. The van der Waals surface area contributed by atoms with E-state index in [1.807, 2.05) is 0 Å². The van der Waals surface area contributed by atoms with Gasteiger partial charge in [0.15, 0.2) is 0 Å². The van der Waals surface area contributed by atoms with Gasteiger partial charge in [-0.05, 0) is 43.2 Å². The summed E-state index contributed by atoms with van der Waals surface area (Å²) in [7, 11) is 0. The Hall–Kier alpha value is -2.16. The number of aliphatic carboxylic acids is 1. The van der Waals surface area contributed by atoms with Crippen LogP contribution in [0, 0.1) is 11.7 Å². The van der Waals surface area contributed by atoms with Gasteiger partial charge in [0.05, 0.1) is 16.4 Å². The molecule has 2 aromatic rings. The van der Waals surface area contributed by atoms with Gasteiger partial charge in [0.1, 0.15) is 21.7 Å². The SMILES string of the molecule is CC(CCCN1C(=O)/C(=C/c2ccc(-c3cc(Cl)ccc3F)o2)SC1=S)C(=O)O. The van der Waals surface area contributed by atoms with Gasteiger partial charge in [-0.1, -0.05) is 42.5 Å². The van der Waals surface area contributed by atoms with Crippen LogP contribution in [0.4, 0.5) is 4.39 Å². The van der Waals surface area contributed by atoms with Crippen molar-refractivity contribution in [3.8, 4) is 11.3 Å². The monoisotopic (exact) mass is 453 g/mol. The summed E-state index contributed by atoms with van der Waals surface area (Å²) in [5.41, 5.74) is 0.234. The number of hydrogen-bond donors (Lipinski definition) is 1. The highest BCUT2D eigenvalue weighted by molar-refractivity contribution is 8.26. The lowest BCUT2D eigenvalue weighted by Gasteiger charge is -2.15. The average Bonchev–Trinajstić information content (AvgIpc) is 3.23. The summed E-state index contributed by atoms with van der Waals surface area (Å²) in [6.07, 6.45) is 2.55. The maximum Gasteiger partial charge on any atom is 0.306 e. The number of rotatable bonds is 7. The molecule has 3 rings (SSSR count). The first-order valence-corrected chi connectivity index (χ1v) is 10.4. The number of nitrogens with zero attached hydrogens (tertiary/aromatic N) is 1. The van der Waals surface area contributed by atoms with Crippen LogP contribution in [0.3, 0.4) is 0 Å². The van der Waals surface area contributed by atoms with Crippen LogP contribution in [-0.2, 0) is 9.59 Å². The summed E-state index contributed by atoms with van der Waals surface area (Å²) in [5, 5.41) is 9.33.